The van der Waals surface area contributed by atoms with Crippen molar-refractivity contribution in [3.63, 3.8) is 0 Å². The van der Waals surface area contributed by atoms with Crippen LogP contribution in [0.25, 0.3) is 0 Å². The van der Waals surface area contributed by atoms with Crippen LogP contribution in [0.15, 0.2) is 32.3 Å². The summed E-state index contributed by atoms with van der Waals surface area (Å²) in [6, 6.07) is 3.49. The molecule has 2 aromatic rings. The number of nitrogens with one attached hydrogen (secondary N) is 2. The normalized spacial score (nSPS) is 13.9. The fourth-order valence-corrected chi connectivity index (χ4v) is 2.29. The first-order valence-electron chi connectivity index (χ1n) is 9.03. The summed E-state index contributed by atoms with van der Waals surface area (Å²) in [7, 11) is 0. The molecular weight excluding hydrogens is 461 g/mol. The van der Waals surface area contributed by atoms with Crippen LogP contribution in [0.4, 0.5) is 0 Å². The fourth-order valence-electron chi connectivity index (χ4n) is 2.29. The molecule has 0 saturated heterocycles. The molecule has 2 aromatic heterocycles. The molecule has 8 nitrogen and oxygen atoms in total. The van der Waals surface area contributed by atoms with Gasteiger partial charge in [-0.3, -0.25) is 0 Å². The van der Waals surface area contributed by atoms with Gasteiger partial charge in [0, 0.05) is 25.4 Å². The predicted octanol–water partition coefficient (Wildman–Crippen LogP) is 2.80. The minimum absolute atomic E-state index is 0. The number of aryl methyl sites for hydroxylation is 1. The van der Waals surface area contributed by atoms with Gasteiger partial charge in [0.25, 0.3) is 0 Å². The highest BCUT2D eigenvalue weighted by atomic mass is 127. The van der Waals surface area contributed by atoms with Crippen molar-refractivity contribution in [2.24, 2.45) is 4.99 Å². The van der Waals surface area contributed by atoms with Crippen molar-refractivity contribution in [3.8, 4) is 0 Å². The molecule has 0 saturated carbocycles. The van der Waals surface area contributed by atoms with Crippen molar-refractivity contribution in [3.05, 3.63) is 35.9 Å². The molecule has 1 unspecified atom stereocenters. The number of nitrogens with zero attached hydrogens (tertiary/aromatic N) is 3. The molecule has 2 rings (SSSR count). The van der Waals surface area contributed by atoms with E-state index in [0.717, 1.165) is 18.8 Å². The average Bonchev–Trinajstić information content (AvgIpc) is 3.28. The maximum Gasteiger partial charge on any atom is 0.226 e. The van der Waals surface area contributed by atoms with E-state index in [9.17, 15) is 5.11 Å². The highest BCUT2D eigenvalue weighted by Gasteiger charge is 2.26. The number of halogens is 1. The van der Waals surface area contributed by atoms with Gasteiger partial charge in [0.1, 0.15) is 11.4 Å². The Labute approximate surface area is 177 Å². The molecule has 0 radical (unpaired) electrons. The molecule has 0 aliphatic heterocycles. The van der Waals surface area contributed by atoms with E-state index in [1.54, 1.807) is 25.3 Å². The first-order chi connectivity index (χ1) is 12.4. The smallest absolute Gasteiger partial charge is 0.226 e. The summed E-state index contributed by atoms with van der Waals surface area (Å²) in [6.45, 7) is 9.37. The second-order valence-electron chi connectivity index (χ2n) is 6.68. The molecule has 0 amide bonds. The molecule has 9 heteroatoms. The number of hydrogen-bond donors (Lipinski definition) is 3. The third-order valence-electron chi connectivity index (χ3n) is 3.80. The van der Waals surface area contributed by atoms with Gasteiger partial charge < -0.3 is 24.7 Å². The molecular formula is C18H30IN5O3. The standard InChI is InChI=1S/C18H29N5O3.HI/c1-5-19-17(21-12-18(4,24)14-8-7-11-25-14)20-10-6-9-15-22-16(13(2)3)23-26-15;/h7-8,11,13,24H,5-6,9-10,12H2,1-4H3,(H2,19,20,21);1H. The summed E-state index contributed by atoms with van der Waals surface area (Å²) in [5, 5.41) is 20.8. The second-order valence-corrected chi connectivity index (χ2v) is 6.68. The number of aliphatic hydroxyl groups is 1. The van der Waals surface area contributed by atoms with E-state index in [2.05, 4.69) is 25.8 Å². The fraction of sp³-hybridized carbons (Fsp3) is 0.611. The summed E-state index contributed by atoms with van der Waals surface area (Å²) in [4.78, 5) is 8.81. The Hall–Kier alpha value is -1.62. The molecule has 0 fully saturated rings. The summed E-state index contributed by atoms with van der Waals surface area (Å²) in [5.74, 6) is 2.79. The van der Waals surface area contributed by atoms with Crippen LogP contribution in [0, 0.1) is 0 Å². The lowest BCUT2D eigenvalue weighted by atomic mass is 10.0. The van der Waals surface area contributed by atoms with Crippen LogP contribution in [0.5, 0.6) is 0 Å². The third-order valence-corrected chi connectivity index (χ3v) is 3.80. The maximum atomic E-state index is 10.5. The average molecular weight is 491 g/mol. The van der Waals surface area contributed by atoms with Crippen molar-refractivity contribution < 1.29 is 14.0 Å². The van der Waals surface area contributed by atoms with Gasteiger partial charge in [0.2, 0.25) is 5.89 Å². The SMILES string of the molecule is CCNC(=NCC(C)(O)c1ccco1)NCCCc1nc(C(C)C)no1.I. The zero-order valence-electron chi connectivity index (χ0n) is 16.4. The van der Waals surface area contributed by atoms with Crippen molar-refractivity contribution >= 4 is 29.9 Å². The topological polar surface area (TPSA) is 109 Å². The Morgan fingerprint density at radius 1 is 1.37 bits per heavy atom. The van der Waals surface area contributed by atoms with Crippen LogP contribution >= 0.6 is 24.0 Å². The van der Waals surface area contributed by atoms with Crippen molar-refractivity contribution in [2.75, 3.05) is 19.6 Å². The highest BCUT2D eigenvalue weighted by molar-refractivity contribution is 14.0. The van der Waals surface area contributed by atoms with E-state index < -0.39 is 5.60 Å². The molecule has 0 aliphatic carbocycles. The molecule has 3 N–H and O–H groups in total. The Morgan fingerprint density at radius 2 is 2.15 bits per heavy atom. The first kappa shape index (κ1) is 23.4. The predicted molar refractivity (Wildman–Crippen MR) is 114 cm³/mol. The minimum Gasteiger partial charge on any atom is -0.466 e. The summed E-state index contributed by atoms with van der Waals surface area (Å²) >= 11 is 0. The summed E-state index contributed by atoms with van der Waals surface area (Å²) in [6.07, 6.45) is 3.08. The molecule has 1 atom stereocenters. The van der Waals surface area contributed by atoms with Crippen LogP contribution in [0.2, 0.25) is 0 Å². The number of hydrogen-bond acceptors (Lipinski definition) is 6. The van der Waals surface area contributed by atoms with Gasteiger partial charge in [0.15, 0.2) is 11.8 Å². The molecule has 0 aliphatic rings. The number of furan rings is 1. The van der Waals surface area contributed by atoms with E-state index in [-0.39, 0.29) is 36.4 Å². The van der Waals surface area contributed by atoms with Crippen LogP contribution in [-0.4, -0.2) is 40.8 Å². The molecule has 0 aromatic carbocycles. The second kappa shape index (κ2) is 11.3. The van der Waals surface area contributed by atoms with Gasteiger partial charge in [-0.1, -0.05) is 19.0 Å². The first-order valence-corrected chi connectivity index (χ1v) is 9.03. The Morgan fingerprint density at radius 3 is 2.74 bits per heavy atom. The summed E-state index contributed by atoms with van der Waals surface area (Å²) in [5.41, 5.74) is -1.15. The highest BCUT2D eigenvalue weighted by Crippen LogP contribution is 2.21. The largest absolute Gasteiger partial charge is 0.466 e. The van der Waals surface area contributed by atoms with E-state index in [1.165, 1.54) is 0 Å². The van der Waals surface area contributed by atoms with Crippen molar-refractivity contribution in [2.45, 2.75) is 52.1 Å². The molecule has 0 spiro atoms. The zero-order chi connectivity index (χ0) is 19.0. The minimum atomic E-state index is -1.15. The van der Waals surface area contributed by atoms with Gasteiger partial charge in [0.05, 0.1) is 12.8 Å². The van der Waals surface area contributed by atoms with E-state index >= 15 is 0 Å². The van der Waals surface area contributed by atoms with Gasteiger partial charge in [-0.05, 0) is 32.4 Å². The lowest BCUT2D eigenvalue weighted by Gasteiger charge is -2.19. The van der Waals surface area contributed by atoms with Gasteiger partial charge in [-0.25, -0.2) is 4.99 Å². The maximum absolute atomic E-state index is 10.5. The molecule has 152 valence electrons. The van der Waals surface area contributed by atoms with Crippen molar-refractivity contribution in [1.29, 1.82) is 0 Å². The van der Waals surface area contributed by atoms with E-state index in [4.69, 9.17) is 8.94 Å². The van der Waals surface area contributed by atoms with Crippen LogP contribution in [0.3, 0.4) is 0 Å². The Bertz CT molecular complexity index is 683. The molecule has 27 heavy (non-hydrogen) atoms. The lowest BCUT2D eigenvalue weighted by molar-refractivity contribution is 0.0437. The Kier molecular flexibility index (Phi) is 9.78. The quantitative estimate of drug-likeness (QED) is 0.214. The number of aliphatic imine (C=N–C) groups is 1. The molecule has 0 bridgehead atoms. The van der Waals surface area contributed by atoms with Gasteiger partial charge >= 0.3 is 0 Å². The molecule has 2 heterocycles. The zero-order valence-corrected chi connectivity index (χ0v) is 18.7. The number of rotatable bonds is 9. The van der Waals surface area contributed by atoms with Gasteiger partial charge in [-0.15, -0.1) is 24.0 Å². The van der Waals surface area contributed by atoms with Crippen LogP contribution < -0.4 is 10.6 Å². The monoisotopic (exact) mass is 491 g/mol. The summed E-state index contributed by atoms with van der Waals surface area (Å²) < 4.78 is 10.5. The van der Waals surface area contributed by atoms with E-state index in [1.807, 2.05) is 20.8 Å². The lowest BCUT2D eigenvalue weighted by Crippen LogP contribution is -2.39. The number of aromatic nitrogens is 2. The van der Waals surface area contributed by atoms with Crippen molar-refractivity contribution in [1.82, 2.24) is 20.8 Å². The Balaban J connectivity index is 0.00000364. The number of guanidine groups is 1. The van der Waals surface area contributed by atoms with E-state index in [0.29, 0.717) is 30.6 Å². The van der Waals surface area contributed by atoms with Gasteiger partial charge in [-0.2, -0.15) is 4.98 Å². The third kappa shape index (κ3) is 7.49. The van der Waals surface area contributed by atoms with Crippen LogP contribution in [-0.2, 0) is 12.0 Å². The van der Waals surface area contributed by atoms with Crippen LogP contribution in [0.1, 0.15) is 57.5 Å².